The van der Waals surface area contributed by atoms with Crippen LogP contribution < -0.4 is 0 Å². The summed E-state index contributed by atoms with van der Waals surface area (Å²) in [5, 5.41) is 0. The second-order valence-electron chi connectivity index (χ2n) is 5.82. The highest BCUT2D eigenvalue weighted by molar-refractivity contribution is 6.05. The van der Waals surface area contributed by atoms with E-state index < -0.39 is 11.9 Å². The van der Waals surface area contributed by atoms with Gasteiger partial charge in [-0.05, 0) is 39.0 Å². The molecule has 22 heavy (non-hydrogen) atoms. The average molecular weight is 305 g/mol. The van der Waals surface area contributed by atoms with Crippen molar-refractivity contribution < 1.29 is 19.1 Å². The summed E-state index contributed by atoms with van der Waals surface area (Å²) in [7, 11) is 2.73. The third-order valence-corrected chi connectivity index (χ3v) is 4.55. The molecule has 0 N–H and O–H groups in total. The predicted octanol–water partition coefficient (Wildman–Crippen LogP) is 2.67. The first-order chi connectivity index (χ1) is 10.5. The van der Waals surface area contributed by atoms with E-state index in [1.54, 1.807) is 6.92 Å². The Balaban J connectivity index is 2.50. The number of hydrogen-bond donors (Lipinski definition) is 0. The zero-order valence-corrected chi connectivity index (χ0v) is 13.6. The van der Waals surface area contributed by atoms with Gasteiger partial charge < -0.3 is 9.47 Å². The van der Waals surface area contributed by atoms with Crippen LogP contribution in [-0.2, 0) is 19.1 Å². The fourth-order valence-corrected chi connectivity index (χ4v) is 3.55. The molecule has 2 aliphatic rings. The van der Waals surface area contributed by atoms with E-state index in [0.717, 1.165) is 19.3 Å². The molecule has 2 rings (SSSR count). The number of hydrogen-bond acceptors (Lipinski definition) is 5. The van der Waals surface area contributed by atoms with Crippen LogP contribution in [0.2, 0.25) is 0 Å². The molecular formula is C17H23NO4. The number of carbonyl (C=O) groups excluding carboxylic acids is 2. The lowest BCUT2D eigenvalue weighted by Gasteiger charge is -2.36. The molecule has 3 atom stereocenters. The van der Waals surface area contributed by atoms with Crippen molar-refractivity contribution in [3.63, 3.8) is 0 Å². The van der Waals surface area contributed by atoms with Gasteiger partial charge in [0.1, 0.15) is 5.92 Å². The van der Waals surface area contributed by atoms with Crippen molar-refractivity contribution in [3.8, 4) is 0 Å². The number of aliphatic imine (C=N–C) groups is 1. The number of carbonyl (C=O) groups is 2. The molecule has 0 amide bonds. The lowest BCUT2D eigenvalue weighted by atomic mass is 9.69. The molecule has 1 aliphatic carbocycles. The van der Waals surface area contributed by atoms with Crippen LogP contribution >= 0.6 is 0 Å². The summed E-state index contributed by atoms with van der Waals surface area (Å²) in [6, 6.07) is 0. The van der Waals surface area contributed by atoms with Gasteiger partial charge in [0.15, 0.2) is 0 Å². The maximum atomic E-state index is 12.3. The molecule has 1 aliphatic heterocycles. The topological polar surface area (TPSA) is 65.0 Å². The summed E-state index contributed by atoms with van der Waals surface area (Å²) < 4.78 is 9.91. The van der Waals surface area contributed by atoms with Crippen molar-refractivity contribution in [2.45, 2.75) is 33.1 Å². The maximum absolute atomic E-state index is 12.3. The summed E-state index contributed by atoms with van der Waals surface area (Å²) in [5.74, 6) is -1.28. The normalized spacial score (nSPS) is 28.2. The Labute approximate surface area is 131 Å². The Morgan fingerprint density at radius 2 is 1.91 bits per heavy atom. The van der Waals surface area contributed by atoms with Crippen LogP contribution in [0.4, 0.5) is 0 Å². The minimum absolute atomic E-state index is 0.212. The van der Waals surface area contributed by atoms with Gasteiger partial charge >= 0.3 is 11.9 Å². The van der Waals surface area contributed by atoms with Crippen molar-refractivity contribution in [3.05, 3.63) is 23.4 Å². The summed E-state index contributed by atoms with van der Waals surface area (Å²) in [6.07, 6.45) is 7.00. The minimum atomic E-state index is -0.515. The monoisotopic (exact) mass is 305 g/mol. The molecule has 0 fully saturated rings. The van der Waals surface area contributed by atoms with Crippen LogP contribution in [0.25, 0.3) is 0 Å². The zero-order chi connectivity index (χ0) is 16.3. The van der Waals surface area contributed by atoms with E-state index in [9.17, 15) is 9.59 Å². The maximum Gasteiger partial charge on any atom is 0.335 e. The third kappa shape index (κ3) is 2.98. The van der Waals surface area contributed by atoms with Gasteiger partial charge in [-0.25, -0.2) is 4.79 Å². The fourth-order valence-electron chi connectivity index (χ4n) is 3.55. The molecule has 1 unspecified atom stereocenters. The highest BCUT2D eigenvalue weighted by atomic mass is 16.5. The number of esters is 2. The average Bonchev–Trinajstić information content (AvgIpc) is 2.53. The van der Waals surface area contributed by atoms with Crippen LogP contribution in [-0.4, -0.2) is 31.9 Å². The van der Waals surface area contributed by atoms with Crippen molar-refractivity contribution in [2.24, 2.45) is 22.7 Å². The quantitative estimate of drug-likeness (QED) is 0.594. The first-order valence-corrected chi connectivity index (χ1v) is 7.58. The second-order valence-corrected chi connectivity index (χ2v) is 5.82. The van der Waals surface area contributed by atoms with Crippen LogP contribution in [0.1, 0.15) is 33.1 Å². The molecule has 0 aromatic heterocycles. The summed E-state index contributed by atoms with van der Waals surface area (Å²) >= 11 is 0. The van der Waals surface area contributed by atoms with Gasteiger partial charge in [0, 0.05) is 17.3 Å². The number of allylic oxidation sites excluding steroid dienone is 3. The smallest absolute Gasteiger partial charge is 0.335 e. The van der Waals surface area contributed by atoms with Crippen molar-refractivity contribution in [1.29, 1.82) is 0 Å². The Hall–Kier alpha value is -1.91. The van der Waals surface area contributed by atoms with E-state index in [1.165, 1.54) is 14.2 Å². The molecule has 120 valence electrons. The van der Waals surface area contributed by atoms with Gasteiger partial charge in [0.05, 0.1) is 19.8 Å². The number of ether oxygens (including phenoxy) is 2. The molecule has 5 nitrogen and oxygen atoms in total. The summed E-state index contributed by atoms with van der Waals surface area (Å²) in [6.45, 7) is 3.62. The Morgan fingerprint density at radius 1 is 1.18 bits per heavy atom. The standard InChI is InChI=1S/C17H23NO4/c1-10-13(16(19)21-3)15(12-8-6-5-7-9-12)14(11(2)18-10)17(20)22-4/h5-6,12-13,15H,7-9H2,1-4H3/t12-,13?,15-/m0/s1. The van der Waals surface area contributed by atoms with E-state index in [-0.39, 0.29) is 17.8 Å². The minimum Gasteiger partial charge on any atom is -0.468 e. The molecule has 0 aromatic carbocycles. The van der Waals surface area contributed by atoms with Gasteiger partial charge in [0.25, 0.3) is 0 Å². The van der Waals surface area contributed by atoms with Crippen LogP contribution in [0.15, 0.2) is 28.4 Å². The molecule has 0 radical (unpaired) electrons. The van der Waals surface area contributed by atoms with E-state index in [2.05, 4.69) is 17.1 Å². The van der Waals surface area contributed by atoms with Crippen molar-refractivity contribution >= 4 is 17.7 Å². The SMILES string of the molecule is COC(=O)C1=C(C)N=C(C)C(C(=O)OC)[C@@H]1[C@H]1CC=CCC1. The largest absolute Gasteiger partial charge is 0.468 e. The lowest BCUT2D eigenvalue weighted by molar-refractivity contribution is -0.145. The van der Waals surface area contributed by atoms with Gasteiger partial charge in [0.2, 0.25) is 0 Å². The Bertz CT molecular complexity index is 559. The lowest BCUT2D eigenvalue weighted by Crippen LogP contribution is -2.41. The predicted molar refractivity (Wildman–Crippen MR) is 83.3 cm³/mol. The van der Waals surface area contributed by atoms with E-state index in [0.29, 0.717) is 17.0 Å². The molecule has 1 heterocycles. The van der Waals surface area contributed by atoms with E-state index >= 15 is 0 Å². The zero-order valence-electron chi connectivity index (χ0n) is 13.6. The van der Waals surface area contributed by atoms with E-state index in [1.807, 2.05) is 6.92 Å². The van der Waals surface area contributed by atoms with Gasteiger partial charge in [-0.3, -0.25) is 9.79 Å². The first-order valence-electron chi connectivity index (χ1n) is 7.58. The molecule has 0 aromatic rings. The number of rotatable bonds is 3. The highest BCUT2D eigenvalue weighted by Gasteiger charge is 2.44. The molecule has 0 spiro atoms. The number of methoxy groups -OCH3 is 2. The van der Waals surface area contributed by atoms with Gasteiger partial charge in [-0.1, -0.05) is 12.2 Å². The Kier molecular flexibility index (Phi) is 5.16. The molecular weight excluding hydrogens is 282 g/mol. The van der Waals surface area contributed by atoms with Crippen LogP contribution in [0, 0.1) is 17.8 Å². The summed E-state index contributed by atoms with van der Waals surface area (Å²) in [4.78, 5) is 29.0. The Morgan fingerprint density at radius 3 is 2.45 bits per heavy atom. The third-order valence-electron chi connectivity index (χ3n) is 4.55. The number of nitrogens with zero attached hydrogens (tertiary/aromatic N) is 1. The first kappa shape index (κ1) is 16.5. The second kappa shape index (κ2) is 6.90. The van der Waals surface area contributed by atoms with E-state index in [4.69, 9.17) is 9.47 Å². The molecule has 0 saturated heterocycles. The molecule has 0 saturated carbocycles. The van der Waals surface area contributed by atoms with Crippen LogP contribution in [0.3, 0.4) is 0 Å². The molecule has 5 heteroatoms. The summed E-state index contributed by atoms with van der Waals surface area (Å²) in [5.41, 5.74) is 1.87. The highest BCUT2D eigenvalue weighted by Crippen LogP contribution is 2.41. The van der Waals surface area contributed by atoms with Crippen molar-refractivity contribution in [1.82, 2.24) is 0 Å². The fraction of sp³-hybridized carbons (Fsp3) is 0.588. The van der Waals surface area contributed by atoms with Crippen LogP contribution in [0.5, 0.6) is 0 Å². The van der Waals surface area contributed by atoms with Gasteiger partial charge in [-0.2, -0.15) is 0 Å². The molecule has 0 bridgehead atoms. The van der Waals surface area contributed by atoms with Gasteiger partial charge in [-0.15, -0.1) is 0 Å². The van der Waals surface area contributed by atoms with Crippen molar-refractivity contribution in [2.75, 3.05) is 14.2 Å².